The Kier molecular flexibility index (Phi) is 6.89. The molecule has 0 atom stereocenters. The number of benzene rings is 2. The molecule has 0 spiro atoms. The highest BCUT2D eigenvalue weighted by atomic mass is 32.2. The zero-order valence-electron chi connectivity index (χ0n) is 14.9. The van der Waals surface area contributed by atoms with Crippen LogP contribution in [0, 0.1) is 10.1 Å². The van der Waals surface area contributed by atoms with Crippen molar-refractivity contribution in [2.24, 2.45) is 0 Å². The van der Waals surface area contributed by atoms with Gasteiger partial charge in [-0.15, -0.1) is 22.0 Å². The lowest BCUT2D eigenvalue weighted by molar-refractivity contribution is -0.384. The van der Waals surface area contributed by atoms with Crippen molar-refractivity contribution in [3.63, 3.8) is 0 Å². The minimum atomic E-state index is -0.382. The molecule has 0 amide bonds. The van der Waals surface area contributed by atoms with Crippen LogP contribution in [0.15, 0.2) is 64.6 Å². The van der Waals surface area contributed by atoms with Crippen molar-refractivity contribution in [2.45, 2.75) is 35.7 Å². The van der Waals surface area contributed by atoms with Crippen molar-refractivity contribution < 1.29 is 4.92 Å². The number of hydrogen-bond donors (Lipinski definition) is 0. The van der Waals surface area contributed by atoms with Gasteiger partial charge in [-0.3, -0.25) is 10.1 Å². The van der Waals surface area contributed by atoms with Gasteiger partial charge < -0.3 is 4.57 Å². The molecule has 0 saturated carbocycles. The van der Waals surface area contributed by atoms with E-state index in [1.54, 1.807) is 35.7 Å². The molecular formula is C19H20N4O2S2. The third-order valence-electron chi connectivity index (χ3n) is 3.83. The average Bonchev–Trinajstić information content (AvgIpc) is 3.07. The van der Waals surface area contributed by atoms with Crippen molar-refractivity contribution in [2.75, 3.05) is 5.75 Å². The third-order valence-corrected chi connectivity index (χ3v) is 6.01. The van der Waals surface area contributed by atoms with Gasteiger partial charge in [-0.2, -0.15) is 0 Å². The van der Waals surface area contributed by atoms with E-state index in [-0.39, 0.29) is 10.6 Å². The maximum absolute atomic E-state index is 10.8. The number of nitro benzene ring substituents is 1. The number of thioether (sulfide) groups is 2. The first-order valence-corrected chi connectivity index (χ1v) is 10.6. The molecule has 27 heavy (non-hydrogen) atoms. The lowest BCUT2D eigenvalue weighted by Crippen LogP contribution is -2.06. The second-order valence-corrected chi connectivity index (χ2v) is 7.97. The number of non-ortho nitro benzene ring substituents is 1. The molecular weight excluding hydrogens is 380 g/mol. The van der Waals surface area contributed by atoms with Gasteiger partial charge in [-0.05, 0) is 24.1 Å². The summed E-state index contributed by atoms with van der Waals surface area (Å²) >= 11 is 3.41. The van der Waals surface area contributed by atoms with Gasteiger partial charge in [0.15, 0.2) is 5.16 Å². The number of nitro groups is 1. The normalized spacial score (nSPS) is 10.9. The summed E-state index contributed by atoms with van der Waals surface area (Å²) in [6, 6.07) is 16.9. The maximum Gasteiger partial charge on any atom is 0.269 e. The van der Waals surface area contributed by atoms with Gasteiger partial charge in [-0.25, -0.2) is 0 Å². The van der Waals surface area contributed by atoms with Crippen LogP contribution in [0.1, 0.15) is 24.7 Å². The highest BCUT2D eigenvalue weighted by Gasteiger charge is 2.14. The molecule has 0 aliphatic rings. The minimum Gasteiger partial charge on any atom is -0.301 e. The van der Waals surface area contributed by atoms with E-state index in [1.165, 1.54) is 17.0 Å². The fourth-order valence-electron chi connectivity index (χ4n) is 2.45. The molecule has 0 saturated heterocycles. The van der Waals surface area contributed by atoms with Gasteiger partial charge in [-0.1, -0.05) is 49.0 Å². The zero-order chi connectivity index (χ0) is 19.1. The molecule has 0 N–H and O–H groups in total. The second-order valence-electron chi connectivity index (χ2n) is 5.86. The van der Waals surface area contributed by atoms with E-state index in [4.69, 9.17) is 0 Å². The average molecular weight is 401 g/mol. The second kappa shape index (κ2) is 9.57. The van der Waals surface area contributed by atoms with Crippen molar-refractivity contribution in [3.8, 4) is 0 Å². The van der Waals surface area contributed by atoms with Gasteiger partial charge in [0.05, 0.1) is 17.2 Å². The lowest BCUT2D eigenvalue weighted by Gasteiger charge is -2.10. The first-order chi connectivity index (χ1) is 13.2. The fourth-order valence-corrected chi connectivity index (χ4v) is 4.12. The largest absolute Gasteiger partial charge is 0.301 e. The summed E-state index contributed by atoms with van der Waals surface area (Å²) in [6.45, 7) is 2.73. The zero-order valence-corrected chi connectivity index (χ0v) is 16.6. The summed E-state index contributed by atoms with van der Waals surface area (Å²) in [5.41, 5.74) is 1.09. The molecule has 1 heterocycles. The summed E-state index contributed by atoms with van der Waals surface area (Å²) in [4.78, 5) is 11.7. The predicted octanol–water partition coefficient (Wildman–Crippen LogP) is 5.03. The Labute approximate surface area is 166 Å². The Balaban J connectivity index is 1.79. The Morgan fingerprint density at radius 2 is 1.78 bits per heavy atom. The topological polar surface area (TPSA) is 73.8 Å². The van der Waals surface area contributed by atoms with E-state index in [0.29, 0.717) is 6.54 Å². The Bertz CT molecular complexity index is 882. The van der Waals surface area contributed by atoms with Crippen LogP contribution in [-0.2, 0) is 12.3 Å². The Morgan fingerprint density at radius 1 is 1.04 bits per heavy atom. The molecule has 0 fully saturated rings. The first-order valence-electron chi connectivity index (χ1n) is 8.63. The van der Waals surface area contributed by atoms with E-state index in [1.807, 2.05) is 18.2 Å². The Hall–Kier alpha value is -2.32. The highest BCUT2D eigenvalue weighted by molar-refractivity contribution is 7.99. The minimum absolute atomic E-state index is 0.0999. The molecule has 0 bridgehead atoms. The predicted molar refractivity (Wildman–Crippen MR) is 109 cm³/mol. The molecule has 3 rings (SSSR count). The van der Waals surface area contributed by atoms with Crippen LogP contribution in [0.4, 0.5) is 5.69 Å². The summed E-state index contributed by atoms with van der Waals surface area (Å²) in [7, 11) is 0. The summed E-state index contributed by atoms with van der Waals surface area (Å²) < 4.78 is 2.11. The summed E-state index contributed by atoms with van der Waals surface area (Å²) in [5.74, 6) is 2.60. The standard InChI is InChI=1S/C19H20N4O2S2/c1-2-12-26-19-21-20-18(14-27-17-6-4-3-5-7-17)22(19)13-15-8-10-16(11-9-15)23(24)25/h3-11H,2,12-14H2,1H3. The maximum atomic E-state index is 10.8. The summed E-state index contributed by atoms with van der Waals surface area (Å²) in [5, 5.41) is 20.5. The van der Waals surface area contributed by atoms with Crippen molar-refractivity contribution in [1.82, 2.24) is 14.8 Å². The van der Waals surface area contributed by atoms with Gasteiger partial charge in [0.2, 0.25) is 0 Å². The number of rotatable bonds is 9. The molecule has 0 unspecified atom stereocenters. The van der Waals surface area contributed by atoms with Crippen LogP contribution in [-0.4, -0.2) is 25.4 Å². The molecule has 3 aromatic rings. The van der Waals surface area contributed by atoms with E-state index in [2.05, 4.69) is 33.8 Å². The van der Waals surface area contributed by atoms with Crippen LogP contribution in [0.2, 0.25) is 0 Å². The molecule has 140 valence electrons. The SMILES string of the molecule is CCCSc1nnc(CSc2ccccc2)n1Cc1ccc([N+](=O)[O-])cc1. The molecule has 1 aromatic heterocycles. The highest BCUT2D eigenvalue weighted by Crippen LogP contribution is 2.26. The molecule has 0 radical (unpaired) electrons. The first kappa shape index (κ1) is 19.4. The summed E-state index contributed by atoms with van der Waals surface area (Å²) in [6.07, 6.45) is 1.06. The van der Waals surface area contributed by atoms with Crippen molar-refractivity contribution in [3.05, 3.63) is 76.1 Å². The molecule has 8 heteroatoms. The van der Waals surface area contributed by atoms with Crippen LogP contribution in [0.25, 0.3) is 0 Å². The monoisotopic (exact) mass is 400 g/mol. The van der Waals surface area contributed by atoms with Crippen LogP contribution >= 0.6 is 23.5 Å². The fraction of sp³-hybridized carbons (Fsp3) is 0.263. The van der Waals surface area contributed by atoms with Crippen LogP contribution in [0.3, 0.4) is 0 Å². The quantitative estimate of drug-likeness (QED) is 0.285. The molecule has 0 aliphatic carbocycles. The van der Waals surface area contributed by atoms with Gasteiger partial charge >= 0.3 is 0 Å². The molecule has 6 nitrogen and oxygen atoms in total. The van der Waals surface area contributed by atoms with Crippen LogP contribution < -0.4 is 0 Å². The Morgan fingerprint density at radius 3 is 2.44 bits per heavy atom. The van der Waals surface area contributed by atoms with E-state index >= 15 is 0 Å². The lowest BCUT2D eigenvalue weighted by atomic mass is 10.2. The van der Waals surface area contributed by atoms with E-state index in [9.17, 15) is 10.1 Å². The molecule has 0 aliphatic heterocycles. The number of aromatic nitrogens is 3. The van der Waals surface area contributed by atoms with Gasteiger partial charge in [0.1, 0.15) is 5.82 Å². The molecule has 2 aromatic carbocycles. The van der Waals surface area contributed by atoms with Crippen LogP contribution in [0.5, 0.6) is 0 Å². The smallest absolute Gasteiger partial charge is 0.269 e. The van der Waals surface area contributed by atoms with E-state index in [0.717, 1.165) is 34.5 Å². The van der Waals surface area contributed by atoms with Crippen molar-refractivity contribution in [1.29, 1.82) is 0 Å². The third kappa shape index (κ3) is 5.33. The van der Waals surface area contributed by atoms with Gasteiger partial charge in [0.25, 0.3) is 5.69 Å². The van der Waals surface area contributed by atoms with E-state index < -0.39 is 0 Å². The number of nitrogens with zero attached hydrogens (tertiary/aromatic N) is 4. The van der Waals surface area contributed by atoms with Gasteiger partial charge in [0, 0.05) is 22.8 Å². The number of hydrogen-bond acceptors (Lipinski definition) is 6. The van der Waals surface area contributed by atoms with Crippen molar-refractivity contribution >= 4 is 29.2 Å².